The normalized spacial score (nSPS) is 9.83. The SMILES string of the molecule is O=c1[nH]c(Cl)c([N+](=O)[O-])cc1Cl. The zero-order chi connectivity index (χ0) is 9.30. The minimum Gasteiger partial charge on any atom is -0.306 e. The van der Waals surface area contributed by atoms with E-state index in [1.165, 1.54) is 0 Å². The van der Waals surface area contributed by atoms with Gasteiger partial charge in [-0.3, -0.25) is 14.9 Å². The van der Waals surface area contributed by atoms with Crippen LogP contribution in [-0.2, 0) is 0 Å². The summed E-state index contributed by atoms with van der Waals surface area (Å²) in [5.41, 5.74) is -1.06. The van der Waals surface area contributed by atoms with Crippen LogP contribution in [0, 0.1) is 10.1 Å². The third kappa shape index (κ3) is 1.57. The van der Waals surface area contributed by atoms with E-state index in [0.717, 1.165) is 6.07 Å². The van der Waals surface area contributed by atoms with Crippen LogP contribution in [0.1, 0.15) is 0 Å². The first-order chi connectivity index (χ1) is 5.52. The van der Waals surface area contributed by atoms with E-state index in [1.807, 2.05) is 4.98 Å². The number of hydrogen-bond acceptors (Lipinski definition) is 3. The van der Waals surface area contributed by atoms with Crippen molar-refractivity contribution in [3.8, 4) is 0 Å². The van der Waals surface area contributed by atoms with Gasteiger partial charge < -0.3 is 4.98 Å². The molecule has 1 rings (SSSR count). The Morgan fingerprint density at radius 3 is 2.58 bits per heavy atom. The van der Waals surface area contributed by atoms with Crippen molar-refractivity contribution in [1.82, 2.24) is 4.98 Å². The lowest BCUT2D eigenvalue weighted by molar-refractivity contribution is -0.385. The molecule has 0 fully saturated rings. The third-order valence-corrected chi connectivity index (χ3v) is 1.69. The van der Waals surface area contributed by atoms with E-state index < -0.39 is 16.2 Å². The first kappa shape index (κ1) is 9.02. The van der Waals surface area contributed by atoms with Gasteiger partial charge in [0.1, 0.15) is 5.02 Å². The summed E-state index contributed by atoms with van der Waals surface area (Å²) in [4.78, 5) is 22.2. The quantitative estimate of drug-likeness (QED) is 0.433. The van der Waals surface area contributed by atoms with Crippen LogP contribution in [0.3, 0.4) is 0 Å². The van der Waals surface area contributed by atoms with Gasteiger partial charge in [0.2, 0.25) is 0 Å². The molecule has 0 spiro atoms. The average Bonchev–Trinajstić information content (AvgIpc) is 1.96. The van der Waals surface area contributed by atoms with Crippen LogP contribution < -0.4 is 5.56 Å². The highest BCUT2D eigenvalue weighted by molar-refractivity contribution is 6.33. The van der Waals surface area contributed by atoms with Gasteiger partial charge in [0, 0.05) is 6.07 Å². The lowest BCUT2D eigenvalue weighted by atomic mass is 10.4. The molecule has 0 bridgehead atoms. The summed E-state index contributed by atoms with van der Waals surface area (Å²) < 4.78 is 0. The minimum absolute atomic E-state index is 0.258. The van der Waals surface area contributed by atoms with Crippen LogP contribution in [0.25, 0.3) is 0 Å². The Morgan fingerprint density at radius 1 is 1.50 bits per heavy atom. The molecule has 1 aromatic rings. The molecule has 0 aliphatic heterocycles. The molecule has 0 saturated heterocycles. The zero-order valence-corrected chi connectivity index (χ0v) is 7.02. The van der Waals surface area contributed by atoms with Crippen molar-refractivity contribution in [1.29, 1.82) is 0 Å². The van der Waals surface area contributed by atoms with Crippen LogP contribution in [0.2, 0.25) is 10.2 Å². The number of nitrogens with one attached hydrogen (secondary N) is 1. The monoisotopic (exact) mass is 208 g/mol. The van der Waals surface area contributed by atoms with Crippen molar-refractivity contribution in [2.24, 2.45) is 0 Å². The smallest absolute Gasteiger partial charge is 0.306 e. The fraction of sp³-hybridized carbons (Fsp3) is 0. The molecule has 0 atom stereocenters. The highest BCUT2D eigenvalue weighted by atomic mass is 35.5. The summed E-state index contributed by atoms with van der Waals surface area (Å²) in [5.74, 6) is 0. The lowest BCUT2D eigenvalue weighted by Gasteiger charge is -1.93. The van der Waals surface area contributed by atoms with Gasteiger partial charge in [-0.1, -0.05) is 23.2 Å². The Morgan fingerprint density at radius 2 is 2.08 bits per heavy atom. The summed E-state index contributed by atoms with van der Waals surface area (Å²) in [6.45, 7) is 0. The number of hydrogen-bond donors (Lipinski definition) is 1. The standard InChI is InChI=1S/C5H2Cl2N2O3/c6-2-1-3(9(11)12)4(7)8-5(2)10/h1H,(H,8,10). The summed E-state index contributed by atoms with van der Waals surface area (Å²) >= 11 is 10.7. The topological polar surface area (TPSA) is 76.0 Å². The molecule has 0 unspecified atom stereocenters. The number of aromatic nitrogens is 1. The van der Waals surface area contributed by atoms with Crippen LogP contribution in [0.5, 0.6) is 0 Å². The second-order valence-corrected chi connectivity index (χ2v) is 2.69. The van der Waals surface area contributed by atoms with E-state index in [1.54, 1.807) is 0 Å². The van der Waals surface area contributed by atoms with E-state index in [9.17, 15) is 14.9 Å². The summed E-state index contributed by atoms with van der Waals surface area (Å²) in [6.07, 6.45) is 0. The Balaban J connectivity index is 3.43. The highest BCUT2D eigenvalue weighted by Gasteiger charge is 2.14. The van der Waals surface area contributed by atoms with Gasteiger partial charge in [-0.2, -0.15) is 0 Å². The number of nitro groups is 1. The molecule has 0 saturated carbocycles. The molecule has 0 aliphatic rings. The minimum atomic E-state index is -0.732. The lowest BCUT2D eigenvalue weighted by Crippen LogP contribution is -2.07. The van der Waals surface area contributed by atoms with Crippen LogP contribution in [-0.4, -0.2) is 9.91 Å². The maximum absolute atomic E-state index is 10.7. The maximum Gasteiger partial charge on any atom is 0.306 e. The number of rotatable bonds is 1. The largest absolute Gasteiger partial charge is 0.306 e. The second-order valence-electron chi connectivity index (χ2n) is 1.90. The molecular weight excluding hydrogens is 207 g/mol. The molecule has 1 N–H and O–H groups in total. The first-order valence-electron chi connectivity index (χ1n) is 2.75. The van der Waals surface area contributed by atoms with Crippen LogP contribution in [0.4, 0.5) is 5.69 Å². The van der Waals surface area contributed by atoms with Gasteiger partial charge in [-0.25, -0.2) is 0 Å². The van der Waals surface area contributed by atoms with Crippen molar-refractivity contribution < 1.29 is 4.92 Å². The first-order valence-corrected chi connectivity index (χ1v) is 3.50. The summed E-state index contributed by atoms with van der Waals surface area (Å²) in [5, 5.41) is 9.64. The highest BCUT2D eigenvalue weighted by Crippen LogP contribution is 2.21. The van der Waals surface area contributed by atoms with E-state index in [-0.39, 0.29) is 10.2 Å². The van der Waals surface area contributed by atoms with Crippen molar-refractivity contribution in [2.75, 3.05) is 0 Å². The molecule has 5 nitrogen and oxygen atoms in total. The van der Waals surface area contributed by atoms with Crippen molar-refractivity contribution in [3.63, 3.8) is 0 Å². The number of pyridine rings is 1. The number of H-pyrrole nitrogens is 1. The predicted octanol–water partition coefficient (Wildman–Crippen LogP) is 1.59. The van der Waals surface area contributed by atoms with E-state index in [4.69, 9.17) is 23.2 Å². The Hall–Kier alpha value is -1.07. The molecule has 7 heteroatoms. The molecule has 12 heavy (non-hydrogen) atoms. The number of halogens is 2. The maximum atomic E-state index is 10.7. The third-order valence-electron chi connectivity index (χ3n) is 1.13. The van der Waals surface area contributed by atoms with E-state index >= 15 is 0 Å². The van der Waals surface area contributed by atoms with Crippen molar-refractivity contribution in [2.45, 2.75) is 0 Å². The molecule has 1 aromatic heterocycles. The molecule has 64 valence electrons. The summed E-state index contributed by atoms with van der Waals surface area (Å²) in [6, 6.07) is 0.905. The molecule has 0 radical (unpaired) electrons. The number of aromatic amines is 1. The van der Waals surface area contributed by atoms with Gasteiger partial charge in [-0.05, 0) is 0 Å². The van der Waals surface area contributed by atoms with Gasteiger partial charge in [0.25, 0.3) is 5.56 Å². The number of nitrogens with zero attached hydrogens (tertiary/aromatic N) is 1. The second kappa shape index (κ2) is 3.12. The van der Waals surface area contributed by atoms with E-state index in [0.29, 0.717) is 0 Å². The van der Waals surface area contributed by atoms with Crippen LogP contribution >= 0.6 is 23.2 Å². The van der Waals surface area contributed by atoms with Gasteiger partial charge in [0.15, 0.2) is 5.15 Å². The van der Waals surface area contributed by atoms with Gasteiger partial charge >= 0.3 is 5.69 Å². The van der Waals surface area contributed by atoms with Gasteiger partial charge in [-0.15, -0.1) is 0 Å². The van der Waals surface area contributed by atoms with Crippen molar-refractivity contribution >= 4 is 28.9 Å². The van der Waals surface area contributed by atoms with E-state index in [2.05, 4.69) is 0 Å². The van der Waals surface area contributed by atoms with Crippen LogP contribution in [0.15, 0.2) is 10.9 Å². The predicted molar refractivity (Wildman–Crippen MR) is 43.7 cm³/mol. The molecular formula is C5H2Cl2N2O3. The molecule has 0 aliphatic carbocycles. The Labute approximate surface area is 76.1 Å². The molecule has 0 aromatic carbocycles. The molecule has 1 heterocycles. The fourth-order valence-electron chi connectivity index (χ4n) is 0.605. The van der Waals surface area contributed by atoms with Gasteiger partial charge in [0.05, 0.1) is 4.92 Å². The van der Waals surface area contributed by atoms with Crippen molar-refractivity contribution in [3.05, 3.63) is 36.7 Å². The molecule has 0 amide bonds. The Bertz CT molecular complexity index is 387. The zero-order valence-electron chi connectivity index (χ0n) is 5.51. The Kier molecular flexibility index (Phi) is 2.35. The fourth-order valence-corrected chi connectivity index (χ4v) is 0.965. The average molecular weight is 209 g/mol. The summed E-state index contributed by atoms with van der Waals surface area (Å²) in [7, 11) is 0.